The summed E-state index contributed by atoms with van der Waals surface area (Å²) >= 11 is 0. The molecule has 1 N–H and O–H groups in total. The number of carbonyl (C=O) groups is 1. The third kappa shape index (κ3) is 5.43. The number of esters is 1. The minimum atomic E-state index is -3.74. The van der Waals surface area contributed by atoms with E-state index in [1.54, 1.807) is 73.8 Å². The monoisotopic (exact) mass is 410 g/mol. The molecule has 0 saturated carbocycles. The van der Waals surface area contributed by atoms with Crippen molar-refractivity contribution >= 4 is 22.2 Å². The molecule has 0 spiro atoms. The molecule has 29 heavy (non-hydrogen) atoms. The van der Waals surface area contributed by atoms with Crippen LogP contribution >= 0.6 is 0 Å². The van der Waals surface area contributed by atoms with E-state index in [0.717, 1.165) is 0 Å². The van der Waals surface area contributed by atoms with Gasteiger partial charge in [-0.15, -0.1) is 0 Å². The predicted molar refractivity (Wildman–Crippen MR) is 109 cm³/mol. The molecule has 148 valence electrons. The van der Waals surface area contributed by atoms with Gasteiger partial charge in [-0.2, -0.15) is 13.5 Å². The molecule has 0 aliphatic heterocycles. The quantitative estimate of drug-likeness (QED) is 0.279. The third-order valence-corrected chi connectivity index (χ3v) is 5.07. The molecule has 0 unspecified atom stereocenters. The Bertz CT molecular complexity index is 1110. The molecule has 0 saturated heterocycles. The van der Waals surface area contributed by atoms with Crippen LogP contribution in [0.5, 0.6) is 11.5 Å². The maximum atomic E-state index is 12.2. The molecule has 8 heteroatoms. The zero-order valence-corrected chi connectivity index (χ0v) is 16.3. The van der Waals surface area contributed by atoms with Gasteiger partial charge in [-0.3, -0.25) is 0 Å². The molecular formula is C21H18N2O5S. The molecule has 0 heterocycles. The predicted octanol–water partition coefficient (Wildman–Crippen LogP) is 3.23. The number of ether oxygens (including phenoxy) is 2. The first kappa shape index (κ1) is 20.1. The number of hydrazone groups is 1. The van der Waals surface area contributed by atoms with Crippen LogP contribution in [0, 0.1) is 0 Å². The number of hydrogen-bond donors (Lipinski definition) is 1. The number of benzene rings is 3. The van der Waals surface area contributed by atoms with E-state index >= 15 is 0 Å². The van der Waals surface area contributed by atoms with E-state index in [1.807, 2.05) is 0 Å². The number of carbonyl (C=O) groups excluding carboxylic acids is 1. The van der Waals surface area contributed by atoms with Crippen LogP contribution in [-0.2, 0) is 10.0 Å². The summed E-state index contributed by atoms with van der Waals surface area (Å²) < 4.78 is 34.7. The van der Waals surface area contributed by atoms with Crippen LogP contribution in [0.1, 0.15) is 15.9 Å². The normalized spacial score (nSPS) is 11.2. The molecule has 0 aliphatic carbocycles. The zero-order chi connectivity index (χ0) is 20.7. The van der Waals surface area contributed by atoms with E-state index < -0.39 is 16.0 Å². The van der Waals surface area contributed by atoms with Crippen LogP contribution in [0.3, 0.4) is 0 Å². The maximum Gasteiger partial charge on any atom is 0.343 e. The lowest BCUT2D eigenvalue weighted by molar-refractivity contribution is 0.0734. The lowest BCUT2D eigenvalue weighted by Gasteiger charge is -2.06. The molecule has 3 aromatic rings. The van der Waals surface area contributed by atoms with Gasteiger partial charge < -0.3 is 9.47 Å². The second-order valence-electron chi connectivity index (χ2n) is 5.86. The molecule has 7 nitrogen and oxygen atoms in total. The van der Waals surface area contributed by atoms with Crippen molar-refractivity contribution in [3.05, 3.63) is 90.0 Å². The van der Waals surface area contributed by atoms with Crippen LogP contribution in [0.25, 0.3) is 0 Å². The van der Waals surface area contributed by atoms with Gasteiger partial charge in [0.25, 0.3) is 10.0 Å². The molecule has 3 rings (SSSR count). The Hall–Kier alpha value is -3.65. The third-order valence-electron chi connectivity index (χ3n) is 3.83. The standard InChI is InChI=1S/C21H18N2O5S/c1-27-18-12-10-17(11-13-18)21(24)28-19-7-5-6-16(14-19)15-22-23-29(25,26)20-8-3-2-4-9-20/h2-15,23H,1H3/b22-15+. The van der Waals surface area contributed by atoms with Crippen LogP contribution in [0.15, 0.2) is 88.9 Å². The highest BCUT2D eigenvalue weighted by molar-refractivity contribution is 7.89. The minimum Gasteiger partial charge on any atom is -0.497 e. The number of hydrogen-bond acceptors (Lipinski definition) is 6. The van der Waals surface area contributed by atoms with E-state index in [0.29, 0.717) is 22.6 Å². The fourth-order valence-electron chi connectivity index (χ4n) is 2.37. The largest absolute Gasteiger partial charge is 0.497 e. The molecule has 0 radical (unpaired) electrons. The Labute approximate surface area is 168 Å². The summed E-state index contributed by atoms with van der Waals surface area (Å²) in [6.07, 6.45) is 1.32. The summed E-state index contributed by atoms with van der Waals surface area (Å²) in [5.41, 5.74) is 0.932. The van der Waals surface area contributed by atoms with E-state index in [9.17, 15) is 13.2 Å². The summed E-state index contributed by atoms with van der Waals surface area (Å²) in [7, 11) is -2.20. The van der Waals surface area contributed by atoms with Crippen molar-refractivity contribution in [1.82, 2.24) is 4.83 Å². The van der Waals surface area contributed by atoms with Crippen molar-refractivity contribution in [3.63, 3.8) is 0 Å². The van der Waals surface area contributed by atoms with Crippen LogP contribution < -0.4 is 14.3 Å². The van der Waals surface area contributed by atoms with Gasteiger partial charge in [-0.1, -0.05) is 30.3 Å². The Morgan fingerprint density at radius 1 is 0.931 bits per heavy atom. The maximum absolute atomic E-state index is 12.2. The SMILES string of the molecule is COc1ccc(C(=O)Oc2cccc(/C=N/NS(=O)(=O)c3ccccc3)c2)cc1. The lowest BCUT2D eigenvalue weighted by Crippen LogP contribution is -2.18. The van der Waals surface area contributed by atoms with Crippen molar-refractivity contribution in [3.8, 4) is 11.5 Å². The number of nitrogens with one attached hydrogen (secondary N) is 1. The molecule has 0 aliphatic rings. The van der Waals surface area contributed by atoms with Crippen molar-refractivity contribution < 1.29 is 22.7 Å². The van der Waals surface area contributed by atoms with E-state index in [1.165, 1.54) is 18.3 Å². The average molecular weight is 410 g/mol. The summed E-state index contributed by atoms with van der Waals surface area (Å²) in [5, 5.41) is 3.77. The fraction of sp³-hybridized carbons (Fsp3) is 0.0476. The summed E-state index contributed by atoms with van der Waals surface area (Å²) in [6, 6.07) is 21.0. The van der Waals surface area contributed by atoms with Gasteiger partial charge in [-0.05, 0) is 54.1 Å². The van der Waals surface area contributed by atoms with Crippen LogP contribution in [0.2, 0.25) is 0 Å². The van der Waals surface area contributed by atoms with Crippen molar-refractivity contribution in [2.75, 3.05) is 7.11 Å². The Kier molecular flexibility index (Phi) is 6.25. The summed E-state index contributed by atoms with van der Waals surface area (Å²) in [6.45, 7) is 0. The van der Waals surface area contributed by atoms with Gasteiger partial charge >= 0.3 is 5.97 Å². The highest BCUT2D eigenvalue weighted by Crippen LogP contribution is 2.16. The van der Waals surface area contributed by atoms with Gasteiger partial charge in [0, 0.05) is 0 Å². The zero-order valence-electron chi connectivity index (χ0n) is 15.5. The average Bonchev–Trinajstić information content (AvgIpc) is 2.74. The Morgan fingerprint density at radius 2 is 1.66 bits per heavy atom. The molecule has 0 bridgehead atoms. The topological polar surface area (TPSA) is 94.1 Å². The number of rotatable bonds is 7. The highest BCUT2D eigenvalue weighted by Gasteiger charge is 2.11. The highest BCUT2D eigenvalue weighted by atomic mass is 32.2. The van der Waals surface area contributed by atoms with Gasteiger partial charge in [0.15, 0.2) is 0 Å². The minimum absolute atomic E-state index is 0.110. The first-order valence-electron chi connectivity index (χ1n) is 8.54. The van der Waals surface area contributed by atoms with Gasteiger partial charge in [0.1, 0.15) is 11.5 Å². The fourth-order valence-corrected chi connectivity index (χ4v) is 3.19. The molecule has 0 aromatic heterocycles. The van der Waals surface area contributed by atoms with E-state index in [2.05, 4.69) is 9.93 Å². The Morgan fingerprint density at radius 3 is 2.34 bits per heavy atom. The molecule has 0 fully saturated rings. The van der Waals surface area contributed by atoms with E-state index in [4.69, 9.17) is 9.47 Å². The smallest absolute Gasteiger partial charge is 0.343 e. The van der Waals surface area contributed by atoms with E-state index in [-0.39, 0.29) is 4.90 Å². The first-order chi connectivity index (χ1) is 14.0. The van der Waals surface area contributed by atoms with Gasteiger partial charge in [-0.25, -0.2) is 9.63 Å². The van der Waals surface area contributed by atoms with Crippen molar-refractivity contribution in [2.45, 2.75) is 4.90 Å². The molecule has 0 atom stereocenters. The lowest BCUT2D eigenvalue weighted by atomic mass is 10.2. The second kappa shape index (κ2) is 9.03. The van der Waals surface area contributed by atoms with Crippen molar-refractivity contribution in [2.24, 2.45) is 5.10 Å². The second-order valence-corrected chi connectivity index (χ2v) is 7.52. The number of nitrogens with zero attached hydrogens (tertiary/aromatic N) is 1. The van der Waals surface area contributed by atoms with Crippen LogP contribution in [0.4, 0.5) is 0 Å². The number of sulfonamides is 1. The summed E-state index contributed by atoms with van der Waals surface area (Å²) in [4.78, 5) is 14.5. The molecule has 3 aromatic carbocycles. The van der Waals surface area contributed by atoms with Crippen molar-refractivity contribution in [1.29, 1.82) is 0 Å². The van der Waals surface area contributed by atoms with Crippen LogP contribution in [-0.4, -0.2) is 27.7 Å². The van der Waals surface area contributed by atoms with Gasteiger partial charge in [0.2, 0.25) is 0 Å². The number of methoxy groups -OCH3 is 1. The first-order valence-corrected chi connectivity index (χ1v) is 10.0. The molecular weight excluding hydrogens is 392 g/mol. The Balaban J connectivity index is 1.66. The molecule has 0 amide bonds. The van der Waals surface area contributed by atoms with Gasteiger partial charge in [0.05, 0.1) is 23.8 Å². The summed E-state index contributed by atoms with van der Waals surface area (Å²) in [5.74, 6) is 0.421.